The van der Waals surface area contributed by atoms with E-state index in [1.807, 2.05) is 20.8 Å². The third kappa shape index (κ3) is 2.69. The SMILES string of the molecule is CC(C)(C)NC(=O)[C@@]1(O)CO[C@H]1C1CCCCC1. The molecule has 1 heterocycles. The Hall–Kier alpha value is -0.610. The zero-order valence-electron chi connectivity index (χ0n) is 11.7. The molecule has 2 atom stereocenters. The largest absolute Gasteiger partial charge is 0.376 e. The van der Waals surface area contributed by atoms with Crippen LogP contribution < -0.4 is 5.32 Å². The maximum atomic E-state index is 12.2. The molecule has 2 N–H and O–H groups in total. The normalized spacial score (nSPS) is 33.9. The lowest BCUT2D eigenvalue weighted by atomic mass is 9.75. The Morgan fingerprint density at radius 2 is 1.89 bits per heavy atom. The molecule has 4 nitrogen and oxygen atoms in total. The first-order valence-electron chi connectivity index (χ1n) is 6.99. The van der Waals surface area contributed by atoms with E-state index in [-0.39, 0.29) is 24.2 Å². The van der Waals surface area contributed by atoms with Gasteiger partial charge in [-0.2, -0.15) is 0 Å². The summed E-state index contributed by atoms with van der Waals surface area (Å²) in [6, 6.07) is 0. The van der Waals surface area contributed by atoms with E-state index < -0.39 is 5.60 Å². The molecule has 0 spiro atoms. The minimum atomic E-state index is -1.31. The van der Waals surface area contributed by atoms with E-state index in [0.29, 0.717) is 5.92 Å². The first-order chi connectivity index (χ1) is 8.33. The van der Waals surface area contributed by atoms with E-state index in [9.17, 15) is 9.90 Å². The molecule has 18 heavy (non-hydrogen) atoms. The van der Waals surface area contributed by atoms with Crippen LogP contribution in [0.1, 0.15) is 52.9 Å². The second-order valence-electron chi connectivity index (χ2n) is 6.76. The van der Waals surface area contributed by atoms with E-state index in [2.05, 4.69) is 5.32 Å². The van der Waals surface area contributed by atoms with Crippen molar-refractivity contribution in [2.45, 2.75) is 70.1 Å². The van der Waals surface area contributed by atoms with Crippen LogP contribution in [0.4, 0.5) is 0 Å². The van der Waals surface area contributed by atoms with Gasteiger partial charge in [-0.25, -0.2) is 0 Å². The quantitative estimate of drug-likeness (QED) is 0.788. The molecule has 1 amide bonds. The fourth-order valence-electron chi connectivity index (χ4n) is 2.94. The molecular weight excluding hydrogens is 230 g/mol. The molecule has 0 bridgehead atoms. The van der Waals surface area contributed by atoms with Crippen LogP contribution in [0.25, 0.3) is 0 Å². The minimum absolute atomic E-state index is 0.135. The molecule has 1 saturated heterocycles. The van der Waals surface area contributed by atoms with Crippen molar-refractivity contribution >= 4 is 5.91 Å². The fourth-order valence-corrected chi connectivity index (χ4v) is 2.94. The third-order valence-corrected chi connectivity index (χ3v) is 3.91. The average Bonchev–Trinajstić information content (AvgIpc) is 2.25. The Morgan fingerprint density at radius 1 is 1.28 bits per heavy atom. The Kier molecular flexibility index (Phi) is 3.70. The van der Waals surface area contributed by atoms with Gasteiger partial charge in [0, 0.05) is 5.54 Å². The van der Waals surface area contributed by atoms with Gasteiger partial charge in [0.05, 0.1) is 6.61 Å². The smallest absolute Gasteiger partial charge is 0.257 e. The van der Waals surface area contributed by atoms with Crippen LogP contribution in [-0.2, 0) is 9.53 Å². The summed E-state index contributed by atoms with van der Waals surface area (Å²) >= 11 is 0. The van der Waals surface area contributed by atoms with E-state index in [1.165, 1.54) is 19.3 Å². The zero-order chi connectivity index (χ0) is 13.4. The van der Waals surface area contributed by atoms with Crippen molar-refractivity contribution in [3.8, 4) is 0 Å². The number of amides is 1. The molecule has 0 aromatic heterocycles. The van der Waals surface area contributed by atoms with Gasteiger partial charge in [0.2, 0.25) is 0 Å². The van der Waals surface area contributed by atoms with Gasteiger partial charge < -0.3 is 15.2 Å². The number of rotatable bonds is 2. The second kappa shape index (κ2) is 4.82. The summed E-state index contributed by atoms with van der Waals surface area (Å²) in [7, 11) is 0. The number of nitrogens with one attached hydrogen (secondary N) is 1. The molecule has 0 aromatic rings. The molecule has 0 unspecified atom stereocenters. The number of carbonyl (C=O) groups is 1. The van der Waals surface area contributed by atoms with Gasteiger partial charge in [0.1, 0.15) is 6.10 Å². The van der Waals surface area contributed by atoms with Crippen LogP contribution in [0.5, 0.6) is 0 Å². The standard InChI is InChI=1S/C14H25NO3/c1-13(2,3)15-12(16)14(17)9-18-11(14)10-7-5-4-6-8-10/h10-11,17H,4-9H2,1-3H3,(H,15,16)/t11-,14+/m0/s1. The molecule has 0 aromatic carbocycles. The number of ether oxygens (including phenoxy) is 1. The highest BCUT2D eigenvalue weighted by Crippen LogP contribution is 2.39. The molecule has 4 heteroatoms. The summed E-state index contributed by atoms with van der Waals surface area (Å²) in [5, 5.41) is 13.4. The number of carbonyl (C=O) groups excluding carboxylic acids is 1. The second-order valence-corrected chi connectivity index (χ2v) is 6.76. The van der Waals surface area contributed by atoms with Crippen LogP contribution >= 0.6 is 0 Å². The Balaban J connectivity index is 1.99. The van der Waals surface area contributed by atoms with Crippen LogP contribution in [0, 0.1) is 5.92 Å². The monoisotopic (exact) mass is 255 g/mol. The zero-order valence-corrected chi connectivity index (χ0v) is 11.7. The van der Waals surface area contributed by atoms with Crippen molar-refractivity contribution in [1.82, 2.24) is 5.32 Å². The minimum Gasteiger partial charge on any atom is -0.376 e. The predicted octanol–water partition coefficient (Wildman–Crippen LogP) is 1.61. The van der Waals surface area contributed by atoms with Crippen molar-refractivity contribution < 1.29 is 14.6 Å². The molecule has 1 saturated carbocycles. The fraction of sp³-hybridized carbons (Fsp3) is 0.929. The summed E-state index contributed by atoms with van der Waals surface area (Å²) in [6.07, 6.45) is 5.45. The molecule has 1 aliphatic carbocycles. The van der Waals surface area contributed by atoms with Crippen molar-refractivity contribution in [3.05, 3.63) is 0 Å². The van der Waals surface area contributed by atoms with Gasteiger partial charge in [-0.3, -0.25) is 4.79 Å². The van der Waals surface area contributed by atoms with E-state index in [0.717, 1.165) is 12.8 Å². The molecule has 2 aliphatic rings. The van der Waals surface area contributed by atoms with Crippen LogP contribution in [-0.4, -0.2) is 34.9 Å². The highest BCUT2D eigenvalue weighted by atomic mass is 16.6. The summed E-state index contributed by atoms with van der Waals surface area (Å²) in [4.78, 5) is 12.2. The van der Waals surface area contributed by atoms with Crippen LogP contribution in [0.3, 0.4) is 0 Å². The molecule has 2 fully saturated rings. The number of hydrogen-bond acceptors (Lipinski definition) is 3. The van der Waals surface area contributed by atoms with Crippen molar-refractivity contribution in [1.29, 1.82) is 0 Å². The lowest BCUT2D eigenvalue weighted by Crippen LogP contribution is -2.70. The molecular formula is C14H25NO3. The highest BCUT2D eigenvalue weighted by molar-refractivity contribution is 5.87. The topological polar surface area (TPSA) is 58.6 Å². The molecule has 0 radical (unpaired) electrons. The average molecular weight is 255 g/mol. The van der Waals surface area contributed by atoms with Crippen molar-refractivity contribution in [2.24, 2.45) is 5.92 Å². The van der Waals surface area contributed by atoms with Crippen molar-refractivity contribution in [3.63, 3.8) is 0 Å². The molecule has 2 rings (SSSR count). The highest BCUT2D eigenvalue weighted by Gasteiger charge is 2.56. The lowest BCUT2D eigenvalue weighted by Gasteiger charge is -2.49. The summed E-state index contributed by atoms with van der Waals surface area (Å²) in [5.41, 5.74) is -1.63. The van der Waals surface area contributed by atoms with Crippen LogP contribution in [0.2, 0.25) is 0 Å². The predicted molar refractivity (Wildman–Crippen MR) is 69.2 cm³/mol. The first kappa shape index (κ1) is 13.8. The number of aliphatic hydroxyl groups is 1. The van der Waals surface area contributed by atoms with Gasteiger partial charge in [-0.1, -0.05) is 19.3 Å². The molecule has 104 valence electrons. The van der Waals surface area contributed by atoms with E-state index in [1.54, 1.807) is 0 Å². The van der Waals surface area contributed by atoms with Gasteiger partial charge in [-0.05, 0) is 39.5 Å². The first-order valence-corrected chi connectivity index (χ1v) is 6.99. The maximum Gasteiger partial charge on any atom is 0.257 e. The van der Waals surface area contributed by atoms with Gasteiger partial charge in [-0.15, -0.1) is 0 Å². The molecule has 1 aliphatic heterocycles. The number of hydrogen-bond donors (Lipinski definition) is 2. The van der Waals surface area contributed by atoms with Gasteiger partial charge in [0.15, 0.2) is 5.60 Å². The van der Waals surface area contributed by atoms with E-state index in [4.69, 9.17) is 4.74 Å². The Morgan fingerprint density at radius 3 is 2.33 bits per heavy atom. The lowest BCUT2D eigenvalue weighted by molar-refractivity contribution is -0.250. The van der Waals surface area contributed by atoms with Crippen LogP contribution in [0.15, 0.2) is 0 Å². The Labute approximate surface area is 109 Å². The van der Waals surface area contributed by atoms with Gasteiger partial charge >= 0.3 is 0 Å². The summed E-state index contributed by atoms with van der Waals surface area (Å²) < 4.78 is 5.51. The van der Waals surface area contributed by atoms with E-state index >= 15 is 0 Å². The van der Waals surface area contributed by atoms with Gasteiger partial charge in [0.25, 0.3) is 5.91 Å². The Bertz CT molecular complexity index is 317. The third-order valence-electron chi connectivity index (χ3n) is 3.91. The summed E-state index contributed by atoms with van der Waals surface area (Å²) in [5.74, 6) is 0.0556. The maximum absolute atomic E-state index is 12.2. The summed E-state index contributed by atoms with van der Waals surface area (Å²) in [6.45, 7) is 5.90. The van der Waals surface area contributed by atoms with Crippen molar-refractivity contribution in [2.75, 3.05) is 6.61 Å².